The number of rotatable bonds is 6. The van der Waals surface area contributed by atoms with E-state index in [1.807, 2.05) is 25.1 Å². The van der Waals surface area contributed by atoms with Crippen molar-refractivity contribution in [3.05, 3.63) is 58.9 Å². The highest BCUT2D eigenvalue weighted by molar-refractivity contribution is 5.96. The van der Waals surface area contributed by atoms with Gasteiger partial charge < -0.3 is 14.8 Å². The first-order valence-electron chi connectivity index (χ1n) is 7.30. The van der Waals surface area contributed by atoms with E-state index in [-0.39, 0.29) is 11.5 Å². The Morgan fingerprint density at radius 3 is 2.48 bits per heavy atom. The number of nitrogens with one attached hydrogen (secondary N) is 1. The van der Waals surface area contributed by atoms with Crippen LogP contribution in [0.4, 0.5) is 4.39 Å². The van der Waals surface area contributed by atoms with Crippen LogP contribution in [0.15, 0.2) is 36.4 Å². The van der Waals surface area contributed by atoms with Crippen molar-refractivity contribution >= 4 is 5.91 Å². The van der Waals surface area contributed by atoms with Crippen molar-refractivity contribution in [2.75, 3.05) is 20.8 Å². The van der Waals surface area contributed by atoms with E-state index in [0.29, 0.717) is 18.7 Å². The summed E-state index contributed by atoms with van der Waals surface area (Å²) in [5.74, 6) is 0.287. The molecule has 0 aromatic heterocycles. The fourth-order valence-corrected chi connectivity index (χ4v) is 2.37. The molecule has 5 heteroatoms. The SMILES string of the molecule is COc1ccc(C)cc1CCNC(=O)c1cc(F)ccc1OC. The molecule has 4 nitrogen and oxygen atoms in total. The Bertz CT molecular complexity index is 701. The zero-order valence-corrected chi connectivity index (χ0v) is 13.5. The van der Waals surface area contributed by atoms with Gasteiger partial charge in [0.1, 0.15) is 17.3 Å². The number of hydrogen-bond donors (Lipinski definition) is 1. The number of benzene rings is 2. The topological polar surface area (TPSA) is 47.6 Å². The van der Waals surface area contributed by atoms with Crippen molar-refractivity contribution in [1.29, 1.82) is 0 Å². The molecule has 1 amide bonds. The molecule has 23 heavy (non-hydrogen) atoms. The molecule has 2 aromatic carbocycles. The van der Waals surface area contributed by atoms with Gasteiger partial charge in [0.2, 0.25) is 0 Å². The number of hydrogen-bond acceptors (Lipinski definition) is 3. The van der Waals surface area contributed by atoms with Gasteiger partial charge in [-0.2, -0.15) is 0 Å². The van der Waals surface area contributed by atoms with Crippen LogP contribution < -0.4 is 14.8 Å². The fourth-order valence-electron chi connectivity index (χ4n) is 2.37. The first-order chi connectivity index (χ1) is 11.0. The summed E-state index contributed by atoms with van der Waals surface area (Å²) >= 11 is 0. The second kappa shape index (κ2) is 7.63. The second-order valence-electron chi connectivity index (χ2n) is 5.17. The summed E-state index contributed by atoms with van der Waals surface area (Å²) in [6.45, 7) is 2.41. The monoisotopic (exact) mass is 317 g/mol. The van der Waals surface area contributed by atoms with Crippen LogP contribution in [0.2, 0.25) is 0 Å². The van der Waals surface area contributed by atoms with Crippen molar-refractivity contribution in [2.45, 2.75) is 13.3 Å². The van der Waals surface area contributed by atoms with Crippen LogP contribution in [-0.2, 0) is 6.42 Å². The van der Waals surface area contributed by atoms with E-state index in [0.717, 1.165) is 16.9 Å². The van der Waals surface area contributed by atoms with Crippen LogP contribution >= 0.6 is 0 Å². The average molecular weight is 317 g/mol. The molecule has 0 unspecified atom stereocenters. The Kier molecular flexibility index (Phi) is 5.57. The van der Waals surface area contributed by atoms with Crippen LogP contribution in [0.5, 0.6) is 11.5 Å². The normalized spacial score (nSPS) is 10.3. The fraction of sp³-hybridized carbons (Fsp3) is 0.278. The molecular formula is C18H20FNO3. The molecule has 0 saturated heterocycles. The third-order valence-electron chi connectivity index (χ3n) is 3.52. The minimum atomic E-state index is -0.476. The molecule has 0 spiro atoms. The van der Waals surface area contributed by atoms with E-state index in [4.69, 9.17) is 9.47 Å². The number of aryl methyl sites for hydroxylation is 1. The Morgan fingerprint density at radius 2 is 1.78 bits per heavy atom. The molecule has 122 valence electrons. The van der Waals surface area contributed by atoms with Crippen molar-refractivity contribution in [2.24, 2.45) is 0 Å². The molecule has 2 rings (SSSR count). The minimum absolute atomic E-state index is 0.184. The van der Waals surface area contributed by atoms with Crippen molar-refractivity contribution in [3.8, 4) is 11.5 Å². The third-order valence-corrected chi connectivity index (χ3v) is 3.52. The molecule has 0 radical (unpaired) electrons. The molecule has 0 heterocycles. The van der Waals surface area contributed by atoms with Gasteiger partial charge in [-0.1, -0.05) is 17.7 Å². The van der Waals surface area contributed by atoms with Crippen LogP contribution in [-0.4, -0.2) is 26.7 Å². The van der Waals surface area contributed by atoms with Crippen molar-refractivity contribution in [3.63, 3.8) is 0 Å². The van der Waals surface area contributed by atoms with Gasteiger partial charge in [-0.05, 0) is 43.2 Å². The zero-order chi connectivity index (χ0) is 16.8. The summed E-state index contributed by atoms with van der Waals surface area (Å²) in [6.07, 6.45) is 0.619. The highest BCUT2D eigenvalue weighted by Gasteiger charge is 2.13. The number of carbonyl (C=O) groups is 1. The quantitative estimate of drug-likeness (QED) is 0.890. The average Bonchev–Trinajstić information content (AvgIpc) is 2.55. The smallest absolute Gasteiger partial charge is 0.255 e. The van der Waals surface area contributed by atoms with Gasteiger partial charge in [-0.25, -0.2) is 4.39 Å². The molecule has 1 N–H and O–H groups in total. The summed E-state index contributed by atoms with van der Waals surface area (Å²) < 4.78 is 23.7. The lowest BCUT2D eigenvalue weighted by Crippen LogP contribution is -2.26. The Hall–Kier alpha value is -2.56. The van der Waals surface area contributed by atoms with Crippen LogP contribution in [0.3, 0.4) is 0 Å². The number of ether oxygens (including phenoxy) is 2. The molecule has 0 aliphatic carbocycles. The van der Waals surface area contributed by atoms with E-state index in [1.165, 1.54) is 25.3 Å². The summed E-state index contributed by atoms with van der Waals surface area (Å²) in [5.41, 5.74) is 2.32. The molecule has 0 aliphatic rings. The third kappa shape index (κ3) is 4.22. The van der Waals surface area contributed by atoms with Crippen molar-refractivity contribution < 1.29 is 18.7 Å². The molecule has 0 aliphatic heterocycles. The van der Waals surface area contributed by atoms with Gasteiger partial charge in [0, 0.05) is 6.54 Å². The van der Waals surface area contributed by atoms with Gasteiger partial charge in [0.25, 0.3) is 5.91 Å². The Labute approximate surface area is 135 Å². The summed E-state index contributed by atoms with van der Waals surface area (Å²) in [4.78, 5) is 12.2. The van der Waals surface area contributed by atoms with E-state index >= 15 is 0 Å². The van der Waals surface area contributed by atoms with E-state index < -0.39 is 5.82 Å². The highest BCUT2D eigenvalue weighted by atomic mass is 19.1. The summed E-state index contributed by atoms with van der Waals surface area (Å²) in [5, 5.41) is 2.78. The minimum Gasteiger partial charge on any atom is -0.496 e. The molecule has 0 fully saturated rings. The van der Waals surface area contributed by atoms with Gasteiger partial charge in [-0.15, -0.1) is 0 Å². The summed E-state index contributed by atoms with van der Waals surface area (Å²) in [7, 11) is 3.06. The zero-order valence-electron chi connectivity index (χ0n) is 13.5. The first kappa shape index (κ1) is 16.8. The lowest BCUT2D eigenvalue weighted by molar-refractivity contribution is 0.0950. The van der Waals surface area contributed by atoms with Crippen LogP contribution in [0.25, 0.3) is 0 Å². The standard InChI is InChI=1S/C18H20FNO3/c1-12-4-6-16(22-2)13(10-12)8-9-20-18(21)15-11-14(19)5-7-17(15)23-3/h4-7,10-11H,8-9H2,1-3H3,(H,20,21). The molecule has 0 atom stereocenters. The van der Waals surface area contributed by atoms with Gasteiger partial charge in [0.15, 0.2) is 0 Å². The van der Waals surface area contributed by atoms with Crippen LogP contribution in [0, 0.1) is 12.7 Å². The van der Waals surface area contributed by atoms with E-state index in [2.05, 4.69) is 5.32 Å². The molecule has 0 saturated carbocycles. The number of carbonyl (C=O) groups excluding carboxylic acids is 1. The van der Waals surface area contributed by atoms with Crippen LogP contribution in [0.1, 0.15) is 21.5 Å². The van der Waals surface area contributed by atoms with Gasteiger partial charge in [0.05, 0.1) is 19.8 Å². The van der Waals surface area contributed by atoms with Gasteiger partial charge >= 0.3 is 0 Å². The molecule has 2 aromatic rings. The summed E-state index contributed by atoms with van der Waals surface area (Å²) in [6, 6.07) is 9.76. The van der Waals surface area contributed by atoms with Crippen molar-refractivity contribution in [1.82, 2.24) is 5.32 Å². The maximum atomic E-state index is 13.3. The van der Waals surface area contributed by atoms with E-state index in [9.17, 15) is 9.18 Å². The predicted molar refractivity (Wildman–Crippen MR) is 86.7 cm³/mol. The number of methoxy groups -OCH3 is 2. The lowest BCUT2D eigenvalue weighted by Gasteiger charge is -2.11. The second-order valence-corrected chi connectivity index (χ2v) is 5.17. The molecular weight excluding hydrogens is 297 g/mol. The first-order valence-corrected chi connectivity index (χ1v) is 7.30. The van der Waals surface area contributed by atoms with Gasteiger partial charge in [-0.3, -0.25) is 4.79 Å². The largest absolute Gasteiger partial charge is 0.496 e. The highest BCUT2D eigenvalue weighted by Crippen LogP contribution is 2.21. The maximum Gasteiger partial charge on any atom is 0.255 e. The Balaban J connectivity index is 2.03. The Morgan fingerprint density at radius 1 is 1.09 bits per heavy atom. The van der Waals surface area contributed by atoms with E-state index in [1.54, 1.807) is 7.11 Å². The molecule has 0 bridgehead atoms. The predicted octanol–water partition coefficient (Wildman–Crippen LogP) is 3.12. The lowest BCUT2D eigenvalue weighted by atomic mass is 10.1. The maximum absolute atomic E-state index is 13.3. The number of amides is 1. The number of halogens is 1.